The number of hydrogen-bond donors (Lipinski definition) is 2. The van der Waals surface area contributed by atoms with Crippen LogP contribution in [0.3, 0.4) is 0 Å². The molecule has 202 valence electrons. The van der Waals surface area contributed by atoms with Crippen LogP contribution in [-0.4, -0.2) is 48.4 Å². The van der Waals surface area contributed by atoms with Crippen LogP contribution in [0.5, 0.6) is 17.2 Å². The molecular weight excluding hydrogens is 534 g/mol. The lowest BCUT2D eigenvalue weighted by atomic mass is 10.2. The molecule has 4 rings (SSSR count). The Hall–Kier alpha value is -3.97. The lowest BCUT2D eigenvalue weighted by molar-refractivity contribution is -0.114. The standard InChI is InChI=1S/C25H27N3O8S2/c1-3-34-21-10-5-19(6-11-21)27-38(32,33)22-12-7-18(8-13-22)26-25(29)16-28(37(30,31)4-2)20-9-14-23-24(15-20)36-17-35-23/h5-15,27H,3-4,16-17H2,1-2H3,(H,26,29). The van der Waals surface area contributed by atoms with Gasteiger partial charge in [-0.15, -0.1) is 0 Å². The number of sulfonamides is 2. The summed E-state index contributed by atoms with van der Waals surface area (Å²) in [4.78, 5) is 12.8. The topological polar surface area (TPSA) is 140 Å². The molecule has 0 radical (unpaired) electrons. The van der Waals surface area contributed by atoms with E-state index in [4.69, 9.17) is 14.2 Å². The van der Waals surface area contributed by atoms with Gasteiger partial charge in [0.2, 0.25) is 22.7 Å². The van der Waals surface area contributed by atoms with E-state index in [2.05, 4.69) is 10.0 Å². The van der Waals surface area contributed by atoms with Gasteiger partial charge in [0.05, 0.1) is 22.9 Å². The van der Waals surface area contributed by atoms with Gasteiger partial charge in [0.15, 0.2) is 11.5 Å². The van der Waals surface area contributed by atoms with Crippen LogP contribution in [0.4, 0.5) is 17.1 Å². The van der Waals surface area contributed by atoms with E-state index in [9.17, 15) is 21.6 Å². The largest absolute Gasteiger partial charge is 0.494 e. The van der Waals surface area contributed by atoms with Crippen LogP contribution in [0, 0.1) is 0 Å². The molecule has 1 amide bonds. The highest BCUT2D eigenvalue weighted by Crippen LogP contribution is 2.36. The molecule has 0 aromatic heterocycles. The molecule has 0 saturated heterocycles. The minimum absolute atomic E-state index is 0.0140. The van der Waals surface area contributed by atoms with E-state index in [0.29, 0.717) is 35.2 Å². The smallest absolute Gasteiger partial charge is 0.261 e. The highest BCUT2D eigenvalue weighted by Gasteiger charge is 2.26. The maximum Gasteiger partial charge on any atom is 0.261 e. The summed E-state index contributed by atoms with van der Waals surface area (Å²) < 4.78 is 70.4. The minimum atomic E-state index is -3.88. The van der Waals surface area contributed by atoms with E-state index in [-0.39, 0.29) is 23.1 Å². The van der Waals surface area contributed by atoms with Crippen molar-refractivity contribution in [2.75, 3.05) is 40.0 Å². The van der Waals surface area contributed by atoms with Gasteiger partial charge >= 0.3 is 0 Å². The van der Waals surface area contributed by atoms with Crippen molar-refractivity contribution in [1.82, 2.24) is 0 Å². The van der Waals surface area contributed by atoms with Gasteiger partial charge in [-0.2, -0.15) is 0 Å². The van der Waals surface area contributed by atoms with Gasteiger partial charge < -0.3 is 19.5 Å². The molecule has 1 aliphatic rings. The summed E-state index contributed by atoms with van der Waals surface area (Å²) in [5.41, 5.74) is 0.925. The summed E-state index contributed by atoms with van der Waals surface area (Å²) in [5.74, 6) is 0.666. The molecule has 0 bridgehead atoms. The molecule has 3 aromatic rings. The Morgan fingerprint density at radius 2 is 1.55 bits per heavy atom. The Morgan fingerprint density at radius 3 is 2.21 bits per heavy atom. The number of nitrogens with one attached hydrogen (secondary N) is 2. The average molecular weight is 562 g/mol. The van der Waals surface area contributed by atoms with Crippen LogP contribution in [0.1, 0.15) is 13.8 Å². The number of anilines is 3. The van der Waals surface area contributed by atoms with Crippen molar-refractivity contribution in [3.05, 3.63) is 66.7 Å². The Kier molecular flexibility index (Phi) is 7.97. The predicted molar refractivity (Wildman–Crippen MR) is 143 cm³/mol. The molecule has 0 saturated carbocycles. The molecular formula is C25H27N3O8S2. The van der Waals surface area contributed by atoms with Gasteiger partial charge in [-0.05, 0) is 74.5 Å². The molecule has 13 heteroatoms. The fourth-order valence-electron chi connectivity index (χ4n) is 3.59. The van der Waals surface area contributed by atoms with Gasteiger partial charge in [0, 0.05) is 17.4 Å². The molecule has 0 aliphatic carbocycles. The molecule has 1 heterocycles. The van der Waals surface area contributed by atoms with E-state index >= 15 is 0 Å². The third-order valence-corrected chi connectivity index (χ3v) is 8.64. The Labute approximate surface area is 221 Å². The number of carbonyl (C=O) groups is 1. The third kappa shape index (κ3) is 6.29. The third-order valence-electron chi connectivity index (χ3n) is 5.50. The SMILES string of the molecule is CCOc1ccc(NS(=O)(=O)c2ccc(NC(=O)CN(c3ccc4c(c3)OCO4)S(=O)(=O)CC)cc2)cc1. The number of amides is 1. The molecule has 3 aromatic carbocycles. The maximum atomic E-state index is 12.8. The van der Waals surface area contributed by atoms with Crippen LogP contribution in [0.2, 0.25) is 0 Å². The van der Waals surface area contributed by atoms with Crippen molar-refractivity contribution in [2.45, 2.75) is 18.7 Å². The fourth-order valence-corrected chi connectivity index (χ4v) is 5.71. The number of ether oxygens (including phenoxy) is 3. The Morgan fingerprint density at radius 1 is 0.895 bits per heavy atom. The minimum Gasteiger partial charge on any atom is -0.494 e. The van der Waals surface area contributed by atoms with Crippen molar-refractivity contribution in [1.29, 1.82) is 0 Å². The van der Waals surface area contributed by atoms with Crippen molar-refractivity contribution < 1.29 is 35.8 Å². The molecule has 0 fully saturated rings. The first kappa shape index (κ1) is 27.1. The number of benzene rings is 3. The van der Waals surface area contributed by atoms with E-state index < -0.39 is 32.5 Å². The zero-order chi connectivity index (χ0) is 27.3. The van der Waals surface area contributed by atoms with Gasteiger partial charge in [-0.25, -0.2) is 16.8 Å². The predicted octanol–water partition coefficient (Wildman–Crippen LogP) is 3.41. The summed E-state index contributed by atoms with van der Waals surface area (Å²) in [6.45, 7) is 3.37. The monoisotopic (exact) mass is 561 g/mol. The van der Waals surface area contributed by atoms with Crippen LogP contribution in [-0.2, 0) is 24.8 Å². The Bertz CT molecular complexity index is 1510. The van der Waals surface area contributed by atoms with Gasteiger partial charge in [0.25, 0.3) is 10.0 Å². The lowest BCUT2D eigenvalue weighted by Gasteiger charge is -2.23. The second kappa shape index (κ2) is 11.2. The summed E-state index contributed by atoms with van der Waals surface area (Å²) >= 11 is 0. The van der Waals surface area contributed by atoms with Gasteiger partial charge in [-0.1, -0.05) is 0 Å². The zero-order valence-electron chi connectivity index (χ0n) is 20.7. The normalized spacial score (nSPS) is 12.6. The fraction of sp³-hybridized carbons (Fsp3) is 0.240. The second-order valence-corrected chi connectivity index (χ2v) is 11.9. The van der Waals surface area contributed by atoms with Crippen LogP contribution < -0.4 is 28.6 Å². The van der Waals surface area contributed by atoms with E-state index in [1.54, 1.807) is 30.3 Å². The molecule has 38 heavy (non-hydrogen) atoms. The lowest BCUT2D eigenvalue weighted by Crippen LogP contribution is -2.39. The van der Waals surface area contributed by atoms with Crippen molar-refractivity contribution in [3.63, 3.8) is 0 Å². The summed E-state index contributed by atoms with van der Waals surface area (Å²) in [7, 11) is -7.68. The quantitative estimate of drug-likeness (QED) is 0.363. The Balaban J connectivity index is 1.44. The maximum absolute atomic E-state index is 12.8. The second-order valence-electron chi connectivity index (χ2n) is 8.08. The van der Waals surface area contributed by atoms with E-state index in [0.717, 1.165) is 4.31 Å². The summed E-state index contributed by atoms with van der Waals surface area (Å²) in [6.07, 6.45) is 0. The molecule has 1 aliphatic heterocycles. The van der Waals surface area contributed by atoms with Crippen LogP contribution in [0.15, 0.2) is 71.6 Å². The summed E-state index contributed by atoms with van der Waals surface area (Å²) in [5, 5.41) is 2.61. The van der Waals surface area contributed by atoms with Gasteiger partial charge in [-0.3, -0.25) is 13.8 Å². The number of fused-ring (bicyclic) bond motifs is 1. The molecule has 11 nitrogen and oxygen atoms in total. The molecule has 2 N–H and O–H groups in total. The number of nitrogens with zero attached hydrogens (tertiary/aromatic N) is 1. The first-order valence-corrected chi connectivity index (χ1v) is 14.8. The molecule has 0 spiro atoms. The number of rotatable bonds is 11. The number of carbonyl (C=O) groups excluding carboxylic acids is 1. The average Bonchev–Trinajstić information content (AvgIpc) is 3.37. The summed E-state index contributed by atoms with van der Waals surface area (Å²) in [6, 6.07) is 16.6. The van der Waals surface area contributed by atoms with E-state index in [1.165, 1.54) is 43.3 Å². The number of hydrogen-bond acceptors (Lipinski definition) is 8. The van der Waals surface area contributed by atoms with Gasteiger partial charge in [0.1, 0.15) is 12.3 Å². The zero-order valence-corrected chi connectivity index (χ0v) is 22.3. The van der Waals surface area contributed by atoms with E-state index in [1.807, 2.05) is 6.92 Å². The van der Waals surface area contributed by atoms with Crippen molar-refractivity contribution in [3.8, 4) is 17.2 Å². The van der Waals surface area contributed by atoms with Crippen LogP contribution in [0.25, 0.3) is 0 Å². The first-order chi connectivity index (χ1) is 18.1. The van der Waals surface area contributed by atoms with Crippen molar-refractivity contribution in [2.24, 2.45) is 0 Å². The van der Waals surface area contributed by atoms with Crippen LogP contribution >= 0.6 is 0 Å². The molecule has 0 atom stereocenters. The highest BCUT2D eigenvalue weighted by atomic mass is 32.2. The molecule has 0 unspecified atom stereocenters. The highest BCUT2D eigenvalue weighted by molar-refractivity contribution is 7.93. The first-order valence-electron chi connectivity index (χ1n) is 11.7. The van der Waals surface area contributed by atoms with Crippen molar-refractivity contribution >= 4 is 43.0 Å².